The third kappa shape index (κ3) is 19.1. The maximum Gasteiger partial charge on any atom is 0.312 e. The molecule has 3 aromatic rings. The molecule has 0 bridgehead atoms. The van der Waals surface area contributed by atoms with Crippen molar-refractivity contribution in [1.29, 1.82) is 0 Å². The van der Waals surface area contributed by atoms with Crippen LogP contribution in [0.2, 0.25) is 0 Å². The highest BCUT2D eigenvalue weighted by Crippen LogP contribution is 2.26. The summed E-state index contributed by atoms with van der Waals surface area (Å²) < 4.78 is 22.1. The molecule has 0 aliphatic carbocycles. The second kappa shape index (κ2) is 28.5. The van der Waals surface area contributed by atoms with E-state index in [1.807, 2.05) is 67.6 Å². The number of ether oxygens (including phenoxy) is 4. The van der Waals surface area contributed by atoms with Crippen molar-refractivity contribution < 1.29 is 47.7 Å². The van der Waals surface area contributed by atoms with Crippen LogP contribution in [0.15, 0.2) is 72.8 Å². The topological polar surface area (TPSA) is 229 Å². The number of urea groups is 1. The summed E-state index contributed by atoms with van der Waals surface area (Å²) in [5, 5.41) is 13.6. The zero-order chi connectivity index (χ0) is 46.8. The van der Waals surface area contributed by atoms with Gasteiger partial charge in [0.1, 0.15) is 12.1 Å². The van der Waals surface area contributed by atoms with Gasteiger partial charge in [0.15, 0.2) is 0 Å². The number of nitrogens with zero attached hydrogens (tertiary/aromatic N) is 1. The molecule has 17 nitrogen and oxygen atoms in total. The molecule has 1 heterocycles. The van der Waals surface area contributed by atoms with E-state index in [2.05, 4.69) is 38.4 Å². The normalized spacial score (nSPS) is 12.5. The highest BCUT2D eigenvalue weighted by molar-refractivity contribution is 5.99. The third-order valence-corrected chi connectivity index (χ3v) is 10.1. The smallest absolute Gasteiger partial charge is 0.312 e. The zero-order valence-corrected chi connectivity index (χ0v) is 37.6. The number of carbonyl (C=O) groups is 6. The summed E-state index contributed by atoms with van der Waals surface area (Å²) in [7, 11) is 0. The average Bonchev–Trinajstić information content (AvgIpc) is 3.28. The summed E-state index contributed by atoms with van der Waals surface area (Å²) in [6.07, 6.45) is 0.716. The molecule has 0 fully saturated rings. The molecule has 17 heteroatoms. The number of anilines is 2. The van der Waals surface area contributed by atoms with Crippen LogP contribution in [-0.4, -0.2) is 114 Å². The number of rotatable bonds is 28. The van der Waals surface area contributed by atoms with E-state index in [9.17, 15) is 28.8 Å². The van der Waals surface area contributed by atoms with E-state index >= 15 is 0 Å². The Morgan fingerprint density at radius 2 is 1.28 bits per heavy atom. The van der Waals surface area contributed by atoms with Crippen molar-refractivity contribution in [3.8, 4) is 11.8 Å². The Balaban J connectivity index is 1.01. The molecule has 0 radical (unpaired) electrons. The van der Waals surface area contributed by atoms with Gasteiger partial charge in [-0.05, 0) is 61.6 Å². The second-order valence-corrected chi connectivity index (χ2v) is 15.6. The van der Waals surface area contributed by atoms with Crippen molar-refractivity contribution in [2.45, 2.75) is 71.5 Å². The predicted molar refractivity (Wildman–Crippen MR) is 246 cm³/mol. The fraction of sp³-hybridized carbons (Fsp3) is 0.458. The van der Waals surface area contributed by atoms with Crippen molar-refractivity contribution in [1.82, 2.24) is 21.3 Å². The molecule has 0 unspecified atom stereocenters. The molecule has 350 valence electrons. The van der Waals surface area contributed by atoms with Crippen LogP contribution in [0, 0.1) is 24.7 Å². The molecule has 2 atom stereocenters. The highest BCUT2D eigenvalue weighted by Gasteiger charge is 2.29. The van der Waals surface area contributed by atoms with Gasteiger partial charge in [-0.25, -0.2) is 4.79 Å². The van der Waals surface area contributed by atoms with Gasteiger partial charge in [-0.15, -0.1) is 0 Å². The van der Waals surface area contributed by atoms with E-state index in [-0.39, 0.29) is 69.1 Å². The Bertz CT molecular complexity index is 2090. The van der Waals surface area contributed by atoms with E-state index in [4.69, 9.17) is 24.7 Å². The van der Waals surface area contributed by atoms with Gasteiger partial charge in [-0.3, -0.25) is 24.0 Å². The monoisotopic (exact) mass is 897 g/mol. The first kappa shape index (κ1) is 51.3. The van der Waals surface area contributed by atoms with Crippen LogP contribution in [0.4, 0.5) is 16.2 Å². The number of aryl methyl sites for hydroxylation is 1. The number of amides is 7. The van der Waals surface area contributed by atoms with Crippen LogP contribution in [0.5, 0.6) is 0 Å². The van der Waals surface area contributed by atoms with Crippen LogP contribution >= 0.6 is 0 Å². The number of primary amides is 1. The number of nitrogens with two attached hydrogens (primary N) is 1. The molecule has 65 heavy (non-hydrogen) atoms. The fourth-order valence-corrected chi connectivity index (χ4v) is 6.54. The Morgan fingerprint density at radius 1 is 0.662 bits per heavy atom. The van der Waals surface area contributed by atoms with Crippen LogP contribution in [0.3, 0.4) is 0 Å². The molecular weight excluding hydrogens is 835 g/mol. The van der Waals surface area contributed by atoms with Gasteiger partial charge in [0, 0.05) is 49.2 Å². The molecule has 3 aromatic carbocycles. The Kier molecular flexibility index (Phi) is 22.5. The van der Waals surface area contributed by atoms with Crippen molar-refractivity contribution in [2.75, 3.05) is 76.2 Å². The molecule has 7 N–H and O–H groups in total. The highest BCUT2D eigenvalue weighted by atomic mass is 16.6. The van der Waals surface area contributed by atoms with Gasteiger partial charge in [-0.2, -0.15) is 0 Å². The minimum atomic E-state index is -0.932. The molecule has 7 amide bonds. The lowest BCUT2D eigenvalue weighted by Gasteiger charge is -2.26. The summed E-state index contributed by atoms with van der Waals surface area (Å²) in [6.45, 7) is 8.70. The van der Waals surface area contributed by atoms with Crippen LogP contribution < -0.4 is 37.2 Å². The van der Waals surface area contributed by atoms with Crippen LogP contribution in [-0.2, 0) is 49.5 Å². The number of carbonyl (C=O) groups excluding carboxylic acids is 6. The minimum Gasteiger partial charge on any atom is -0.379 e. The summed E-state index contributed by atoms with van der Waals surface area (Å²) in [5.74, 6) is 4.38. The van der Waals surface area contributed by atoms with Crippen molar-refractivity contribution in [2.24, 2.45) is 11.7 Å². The molecule has 0 aromatic heterocycles. The van der Waals surface area contributed by atoms with Gasteiger partial charge in [0.05, 0.1) is 65.1 Å². The number of fused-ring (bicyclic) bond motifs is 2. The van der Waals surface area contributed by atoms with E-state index in [0.29, 0.717) is 64.8 Å². The minimum absolute atomic E-state index is 0.0133. The number of hydrogen-bond donors (Lipinski definition) is 6. The maximum absolute atomic E-state index is 13.3. The lowest BCUT2D eigenvalue weighted by Crippen LogP contribution is -2.54. The van der Waals surface area contributed by atoms with Gasteiger partial charge in [-0.1, -0.05) is 73.7 Å². The molecule has 1 aliphatic rings. The van der Waals surface area contributed by atoms with E-state index < -0.39 is 29.9 Å². The molecule has 4 rings (SSSR count). The van der Waals surface area contributed by atoms with Gasteiger partial charge < -0.3 is 56.2 Å². The maximum atomic E-state index is 13.3. The van der Waals surface area contributed by atoms with Crippen molar-refractivity contribution in [3.05, 3.63) is 95.1 Å². The third-order valence-electron chi connectivity index (χ3n) is 10.1. The Morgan fingerprint density at radius 3 is 1.95 bits per heavy atom. The Hall–Kier alpha value is -6.32. The fourth-order valence-electron chi connectivity index (χ4n) is 6.54. The number of nitrogens with one attached hydrogen (secondary N) is 5. The van der Waals surface area contributed by atoms with E-state index in [1.165, 1.54) is 0 Å². The lowest BCUT2D eigenvalue weighted by molar-refractivity contribution is -0.132. The standard InChI is InChI=1S/C48H63N7O10/c1-34(2)45(47(60)53-40(12-8-23-51-48(49)61)46(59)52-39-18-14-35(3)15-19-39)54-43(57)22-25-62-27-29-64-31-32-65-30-28-63-26-24-50-42(56)20-21-44(58)55-33-38-11-5-4-9-36(38)16-17-37-10-6-7-13-41(37)55/h4-7,9-11,13-15,18-19,34,40,45H,8,12,20-33H2,1-3H3,(H,50,56)(H,52,59)(H,53,60)(H,54,57)(H3,49,51,61)/t40-,45-/m0/s1. The van der Waals surface area contributed by atoms with Crippen molar-refractivity contribution >= 4 is 46.9 Å². The lowest BCUT2D eigenvalue weighted by atomic mass is 10.0. The Labute approximate surface area is 381 Å². The molecule has 0 saturated heterocycles. The van der Waals surface area contributed by atoms with Gasteiger partial charge in [0.25, 0.3) is 0 Å². The number of para-hydroxylation sites is 1. The first-order valence-corrected chi connectivity index (χ1v) is 22.0. The summed E-state index contributed by atoms with van der Waals surface area (Å²) in [6, 6.07) is 20.0. The summed E-state index contributed by atoms with van der Waals surface area (Å²) in [4.78, 5) is 77.9. The number of benzene rings is 3. The van der Waals surface area contributed by atoms with E-state index in [1.54, 1.807) is 30.9 Å². The zero-order valence-electron chi connectivity index (χ0n) is 37.6. The largest absolute Gasteiger partial charge is 0.379 e. The first-order chi connectivity index (χ1) is 31.4. The molecule has 0 saturated carbocycles. The number of hydrogen-bond acceptors (Lipinski definition) is 10. The summed E-state index contributed by atoms with van der Waals surface area (Å²) in [5.41, 5.74) is 10.1. The van der Waals surface area contributed by atoms with Gasteiger partial charge >= 0.3 is 6.03 Å². The molecule has 0 spiro atoms. The second-order valence-electron chi connectivity index (χ2n) is 15.6. The van der Waals surface area contributed by atoms with Gasteiger partial charge in [0.2, 0.25) is 29.5 Å². The quantitative estimate of drug-likeness (QED) is 0.0461. The predicted octanol–water partition coefficient (Wildman–Crippen LogP) is 3.31. The molecular formula is C48H63N7O10. The van der Waals surface area contributed by atoms with Crippen molar-refractivity contribution in [3.63, 3.8) is 0 Å². The molecule has 1 aliphatic heterocycles. The summed E-state index contributed by atoms with van der Waals surface area (Å²) >= 11 is 0. The van der Waals surface area contributed by atoms with Crippen LogP contribution in [0.1, 0.15) is 68.2 Å². The van der Waals surface area contributed by atoms with E-state index in [0.717, 1.165) is 27.9 Å². The average molecular weight is 898 g/mol. The van der Waals surface area contributed by atoms with Crippen LogP contribution in [0.25, 0.3) is 0 Å². The first-order valence-electron chi connectivity index (χ1n) is 22.0. The SMILES string of the molecule is Cc1ccc(NC(=O)[C@H](CCCNC(N)=O)NC(=O)[C@@H](NC(=O)CCOCCOCCOCCOCCNC(=O)CCC(=O)N2Cc3ccccc3C#Cc3ccccc32)C(C)C)cc1.